The second-order valence-corrected chi connectivity index (χ2v) is 4.54. The van der Waals surface area contributed by atoms with Gasteiger partial charge < -0.3 is 16.2 Å². The lowest BCUT2D eigenvalue weighted by Crippen LogP contribution is -2.43. The number of rotatable bonds is 8. The fourth-order valence-electron chi connectivity index (χ4n) is 1.48. The van der Waals surface area contributed by atoms with E-state index in [4.69, 9.17) is 10.8 Å². The quantitative estimate of drug-likeness (QED) is 0.548. The molecule has 0 saturated carbocycles. The Labute approximate surface area is 102 Å². The molecule has 0 aliphatic carbocycles. The van der Waals surface area contributed by atoms with Crippen molar-refractivity contribution in [2.45, 2.75) is 32.7 Å². The number of hydrogen-bond donors (Lipinski definition) is 3. The van der Waals surface area contributed by atoms with Crippen molar-refractivity contribution in [2.75, 3.05) is 6.54 Å². The van der Waals surface area contributed by atoms with Crippen LogP contribution in [0.4, 0.5) is 0 Å². The van der Waals surface area contributed by atoms with E-state index in [1.165, 1.54) is 0 Å². The number of hydrogen-bond acceptors (Lipinski definition) is 3. The number of carboxylic acid groups (broad SMARTS) is 1. The molecule has 2 unspecified atom stereocenters. The van der Waals surface area contributed by atoms with Gasteiger partial charge in [-0.3, -0.25) is 9.59 Å². The Bertz CT molecular complexity index is 277. The van der Waals surface area contributed by atoms with Gasteiger partial charge in [-0.1, -0.05) is 19.9 Å². The Morgan fingerprint density at radius 2 is 2.06 bits per heavy atom. The summed E-state index contributed by atoms with van der Waals surface area (Å²) in [5.41, 5.74) is 5.56. The molecule has 0 heterocycles. The van der Waals surface area contributed by atoms with Gasteiger partial charge in [-0.15, -0.1) is 6.58 Å². The van der Waals surface area contributed by atoms with Crippen LogP contribution in [-0.2, 0) is 9.59 Å². The maximum atomic E-state index is 11.5. The molecule has 98 valence electrons. The zero-order valence-corrected chi connectivity index (χ0v) is 10.5. The van der Waals surface area contributed by atoms with Crippen molar-refractivity contribution in [3.63, 3.8) is 0 Å². The van der Waals surface area contributed by atoms with E-state index < -0.39 is 17.9 Å². The molecular formula is C12H22N2O3. The molecule has 2 atom stereocenters. The SMILES string of the molecule is C=CCC(N)C(=O)NCC(CC(C)C)C(=O)O. The lowest BCUT2D eigenvalue weighted by Gasteiger charge is -2.17. The van der Waals surface area contributed by atoms with E-state index in [1.54, 1.807) is 6.08 Å². The molecule has 17 heavy (non-hydrogen) atoms. The second kappa shape index (κ2) is 7.84. The van der Waals surface area contributed by atoms with Crippen molar-refractivity contribution in [3.8, 4) is 0 Å². The Kier molecular flexibility index (Phi) is 7.21. The fraction of sp³-hybridized carbons (Fsp3) is 0.667. The van der Waals surface area contributed by atoms with E-state index in [0.717, 1.165) is 0 Å². The number of carboxylic acids is 1. The summed E-state index contributed by atoms with van der Waals surface area (Å²) >= 11 is 0. The minimum absolute atomic E-state index is 0.122. The summed E-state index contributed by atoms with van der Waals surface area (Å²) in [6.45, 7) is 7.51. The number of nitrogens with one attached hydrogen (secondary N) is 1. The van der Waals surface area contributed by atoms with Crippen LogP contribution in [0.1, 0.15) is 26.7 Å². The van der Waals surface area contributed by atoms with Crippen LogP contribution in [0, 0.1) is 11.8 Å². The van der Waals surface area contributed by atoms with Crippen molar-refractivity contribution in [1.82, 2.24) is 5.32 Å². The van der Waals surface area contributed by atoms with Gasteiger partial charge in [-0.2, -0.15) is 0 Å². The van der Waals surface area contributed by atoms with Crippen LogP contribution in [-0.4, -0.2) is 29.6 Å². The lowest BCUT2D eigenvalue weighted by atomic mass is 9.97. The molecule has 0 aromatic heterocycles. The summed E-state index contributed by atoms with van der Waals surface area (Å²) < 4.78 is 0. The van der Waals surface area contributed by atoms with E-state index in [1.807, 2.05) is 13.8 Å². The standard InChI is InChI=1S/C12H22N2O3/c1-4-5-10(13)11(15)14-7-9(12(16)17)6-8(2)3/h4,8-10H,1,5-7,13H2,2-3H3,(H,14,15)(H,16,17). The van der Waals surface area contributed by atoms with Crippen LogP contribution in [0.15, 0.2) is 12.7 Å². The zero-order chi connectivity index (χ0) is 13.4. The first kappa shape index (κ1) is 15.6. The predicted molar refractivity (Wildman–Crippen MR) is 66.4 cm³/mol. The van der Waals surface area contributed by atoms with Gasteiger partial charge in [0.25, 0.3) is 0 Å². The van der Waals surface area contributed by atoms with E-state index in [0.29, 0.717) is 12.8 Å². The zero-order valence-electron chi connectivity index (χ0n) is 10.5. The highest BCUT2D eigenvalue weighted by Crippen LogP contribution is 2.11. The molecule has 0 aromatic rings. The number of carbonyl (C=O) groups is 2. The van der Waals surface area contributed by atoms with Crippen molar-refractivity contribution >= 4 is 11.9 Å². The van der Waals surface area contributed by atoms with Gasteiger partial charge in [-0.25, -0.2) is 0 Å². The molecule has 0 bridgehead atoms. The number of aliphatic carboxylic acids is 1. The molecule has 0 aromatic carbocycles. The first-order chi connectivity index (χ1) is 7.88. The van der Waals surface area contributed by atoms with Crippen LogP contribution in [0.5, 0.6) is 0 Å². The molecule has 0 spiro atoms. The molecule has 5 heteroatoms. The topological polar surface area (TPSA) is 92.4 Å². The molecule has 0 fully saturated rings. The van der Waals surface area contributed by atoms with Crippen molar-refractivity contribution in [1.29, 1.82) is 0 Å². The maximum Gasteiger partial charge on any atom is 0.308 e. The third-order valence-electron chi connectivity index (χ3n) is 2.39. The van der Waals surface area contributed by atoms with Gasteiger partial charge in [0.15, 0.2) is 0 Å². The summed E-state index contributed by atoms with van der Waals surface area (Å²) in [5.74, 6) is -1.51. The Hall–Kier alpha value is -1.36. The third-order valence-corrected chi connectivity index (χ3v) is 2.39. The van der Waals surface area contributed by atoms with Crippen molar-refractivity contribution < 1.29 is 14.7 Å². The number of nitrogens with two attached hydrogens (primary N) is 1. The normalized spacial score (nSPS) is 14.1. The van der Waals surface area contributed by atoms with Gasteiger partial charge >= 0.3 is 5.97 Å². The number of carbonyl (C=O) groups excluding carboxylic acids is 1. The van der Waals surface area contributed by atoms with Gasteiger partial charge in [0.1, 0.15) is 0 Å². The Morgan fingerprint density at radius 3 is 2.47 bits per heavy atom. The Balaban J connectivity index is 4.16. The molecular weight excluding hydrogens is 220 g/mol. The molecule has 1 amide bonds. The molecule has 0 saturated heterocycles. The molecule has 0 rings (SSSR count). The predicted octanol–water partition coefficient (Wildman–Crippen LogP) is 0.753. The lowest BCUT2D eigenvalue weighted by molar-refractivity contribution is -0.142. The van der Waals surface area contributed by atoms with Crippen LogP contribution in [0.25, 0.3) is 0 Å². The van der Waals surface area contributed by atoms with E-state index in [9.17, 15) is 9.59 Å². The van der Waals surface area contributed by atoms with Crippen LogP contribution in [0.2, 0.25) is 0 Å². The minimum atomic E-state index is -0.892. The van der Waals surface area contributed by atoms with Gasteiger partial charge in [-0.05, 0) is 18.8 Å². The maximum absolute atomic E-state index is 11.5. The largest absolute Gasteiger partial charge is 0.481 e. The van der Waals surface area contributed by atoms with E-state index in [2.05, 4.69) is 11.9 Å². The van der Waals surface area contributed by atoms with Gasteiger partial charge in [0.2, 0.25) is 5.91 Å². The highest BCUT2D eigenvalue weighted by atomic mass is 16.4. The molecule has 5 nitrogen and oxygen atoms in total. The molecule has 0 aliphatic heterocycles. The van der Waals surface area contributed by atoms with Crippen LogP contribution in [0.3, 0.4) is 0 Å². The third kappa shape index (κ3) is 6.73. The van der Waals surface area contributed by atoms with Crippen molar-refractivity contribution in [3.05, 3.63) is 12.7 Å². The monoisotopic (exact) mass is 242 g/mol. The van der Waals surface area contributed by atoms with Crippen LogP contribution >= 0.6 is 0 Å². The summed E-state index contributed by atoms with van der Waals surface area (Å²) in [6, 6.07) is -0.652. The van der Waals surface area contributed by atoms with Crippen molar-refractivity contribution in [2.24, 2.45) is 17.6 Å². The number of amides is 1. The van der Waals surface area contributed by atoms with Crippen LogP contribution < -0.4 is 11.1 Å². The molecule has 4 N–H and O–H groups in total. The summed E-state index contributed by atoms with van der Waals surface area (Å²) in [6.07, 6.45) is 2.48. The summed E-state index contributed by atoms with van der Waals surface area (Å²) in [4.78, 5) is 22.4. The van der Waals surface area contributed by atoms with E-state index >= 15 is 0 Å². The first-order valence-corrected chi connectivity index (χ1v) is 5.75. The fourth-order valence-corrected chi connectivity index (χ4v) is 1.48. The summed E-state index contributed by atoms with van der Waals surface area (Å²) in [5, 5.41) is 11.5. The molecule has 0 radical (unpaired) electrons. The second-order valence-electron chi connectivity index (χ2n) is 4.54. The highest BCUT2D eigenvalue weighted by Gasteiger charge is 2.20. The van der Waals surface area contributed by atoms with Gasteiger partial charge in [0.05, 0.1) is 12.0 Å². The minimum Gasteiger partial charge on any atom is -0.481 e. The Morgan fingerprint density at radius 1 is 1.47 bits per heavy atom. The average molecular weight is 242 g/mol. The van der Waals surface area contributed by atoms with E-state index in [-0.39, 0.29) is 18.4 Å². The smallest absolute Gasteiger partial charge is 0.308 e. The summed E-state index contributed by atoms with van der Waals surface area (Å²) in [7, 11) is 0. The van der Waals surface area contributed by atoms with Gasteiger partial charge in [0, 0.05) is 6.54 Å². The average Bonchev–Trinajstić information content (AvgIpc) is 2.23. The first-order valence-electron chi connectivity index (χ1n) is 5.75. The molecule has 0 aliphatic rings. The highest BCUT2D eigenvalue weighted by molar-refractivity contribution is 5.82.